The first kappa shape index (κ1) is 11.7. The summed E-state index contributed by atoms with van der Waals surface area (Å²) in [4.78, 5) is 26.8. The van der Waals surface area contributed by atoms with Gasteiger partial charge in [0, 0.05) is 13.1 Å². The molecule has 2 amide bonds. The number of aliphatic carboxylic acids is 1. The van der Waals surface area contributed by atoms with Crippen LogP contribution in [0.1, 0.15) is 13.8 Å². The maximum atomic E-state index is 11.1. The van der Waals surface area contributed by atoms with E-state index in [1.807, 2.05) is 19.3 Å². The van der Waals surface area contributed by atoms with Crippen LogP contribution < -0.4 is 5.48 Å². The van der Waals surface area contributed by atoms with Crippen LogP contribution in [0.25, 0.3) is 0 Å². The minimum atomic E-state index is -1.13. The molecule has 0 saturated heterocycles. The molecule has 0 bridgehead atoms. The van der Waals surface area contributed by atoms with Crippen LogP contribution in [-0.4, -0.2) is 41.7 Å². The number of carboxylic acid groups (broad SMARTS) is 1. The van der Waals surface area contributed by atoms with Crippen LogP contribution in [-0.2, 0) is 9.63 Å². The monoisotopic (exact) mass is 190 g/mol. The minimum absolute atomic E-state index is 0.0356. The molecule has 0 spiro atoms. The van der Waals surface area contributed by atoms with Crippen molar-refractivity contribution in [1.82, 2.24) is 10.4 Å². The second-order valence-corrected chi connectivity index (χ2v) is 2.79. The molecular formula is C7H14N2O4. The van der Waals surface area contributed by atoms with Gasteiger partial charge in [0.1, 0.15) is 0 Å². The van der Waals surface area contributed by atoms with Gasteiger partial charge >= 0.3 is 12.0 Å². The summed E-state index contributed by atoms with van der Waals surface area (Å²) in [7, 11) is 1.59. The fraction of sp³-hybridized carbons (Fsp3) is 0.714. The molecule has 13 heavy (non-hydrogen) atoms. The predicted molar refractivity (Wildman–Crippen MR) is 45.0 cm³/mol. The number of nitrogens with zero attached hydrogens (tertiary/aromatic N) is 1. The summed E-state index contributed by atoms with van der Waals surface area (Å²) in [6, 6.07) is -0.426. The molecule has 0 aliphatic heterocycles. The van der Waals surface area contributed by atoms with Crippen molar-refractivity contribution in [3.63, 3.8) is 0 Å². The summed E-state index contributed by atoms with van der Waals surface area (Å²) in [6.07, 6.45) is 0. The van der Waals surface area contributed by atoms with Gasteiger partial charge in [0.25, 0.3) is 0 Å². The minimum Gasteiger partial charge on any atom is -0.479 e. The number of rotatable bonds is 4. The Bertz CT molecular complexity index is 193. The topological polar surface area (TPSA) is 78.9 Å². The van der Waals surface area contributed by atoms with Gasteiger partial charge in [-0.25, -0.2) is 15.1 Å². The molecule has 0 radical (unpaired) electrons. The van der Waals surface area contributed by atoms with Crippen LogP contribution in [0.3, 0.4) is 0 Å². The molecule has 0 unspecified atom stereocenters. The Balaban J connectivity index is 3.68. The molecule has 0 aromatic heterocycles. The zero-order valence-corrected chi connectivity index (χ0v) is 7.90. The molecule has 2 N–H and O–H groups in total. The second-order valence-electron chi connectivity index (χ2n) is 2.79. The van der Waals surface area contributed by atoms with Crippen LogP contribution in [0.4, 0.5) is 4.79 Å². The van der Waals surface area contributed by atoms with Gasteiger partial charge < -0.3 is 10.0 Å². The maximum absolute atomic E-state index is 11.1. The first-order valence-corrected chi connectivity index (χ1v) is 3.81. The van der Waals surface area contributed by atoms with E-state index >= 15 is 0 Å². The Morgan fingerprint density at radius 2 is 2.08 bits per heavy atom. The molecule has 76 valence electrons. The zero-order chi connectivity index (χ0) is 10.4. The summed E-state index contributed by atoms with van der Waals surface area (Å²) in [5.74, 6) is -1.13. The van der Waals surface area contributed by atoms with E-state index in [1.165, 1.54) is 4.90 Å². The smallest absolute Gasteiger partial charge is 0.341 e. The van der Waals surface area contributed by atoms with Crippen molar-refractivity contribution in [2.75, 3.05) is 13.7 Å². The Morgan fingerprint density at radius 3 is 2.46 bits per heavy atom. The fourth-order valence-electron chi connectivity index (χ4n) is 0.466. The van der Waals surface area contributed by atoms with E-state index in [0.717, 1.165) is 0 Å². The average molecular weight is 190 g/mol. The number of urea groups is 1. The molecule has 0 aromatic carbocycles. The van der Waals surface area contributed by atoms with E-state index in [9.17, 15) is 9.59 Å². The van der Waals surface area contributed by atoms with Gasteiger partial charge in [-0.15, -0.1) is 0 Å². The molecule has 0 aromatic rings. The van der Waals surface area contributed by atoms with E-state index in [0.29, 0.717) is 0 Å². The maximum Gasteiger partial charge on any atom is 0.341 e. The van der Waals surface area contributed by atoms with Gasteiger partial charge in [-0.3, -0.25) is 4.84 Å². The molecule has 0 heterocycles. The highest BCUT2D eigenvalue weighted by molar-refractivity contribution is 5.73. The van der Waals surface area contributed by atoms with E-state index in [-0.39, 0.29) is 6.04 Å². The third-order valence-electron chi connectivity index (χ3n) is 1.45. The Labute approximate surface area is 76.4 Å². The van der Waals surface area contributed by atoms with Crippen molar-refractivity contribution in [3.8, 4) is 0 Å². The Kier molecular flexibility index (Phi) is 4.83. The largest absolute Gasteiger partial charge is 0.479 e. The van der Waals surface area contributed by atoms with Gasteiger partial charge in [-0.05, 0) is 13.8 Å². The lowest BCUT2D eigenvalue weighted by atomic mass is 10.4. The highest BCUT2D eigenvalue weighted by Crippen LogP contribution is 1.92. The summed E-state index contributed by atoms with van der Waals surface area (Å²) >= 11 is 0. The molecule has 0 rings (SSSR count). The van der Waals surface area contributed by atoms with E-state index in [2.05, 4.69) is 4.84 Å². The second kappa shape index (κ2) is 5.36. The number of carbonyl (C=O) groups is 2. The number of carboxylic acids is 1. The van der Waals surface area contributed by atoms with Crippen molar-refractivity contribution in [3.05, 3.63) is 0 Å². The summed E-state index contributed by atoms with van der Waals surface area (Å²) in [5.41, 5.74) is 2.00. The first-order chi connectivity index (χ1) is 5.95. The average Bonchev–Trinajstić information content (AvgIpc) is 2.02. The fourth-order valence-corrected chi connectivity index (χ4v) is 0.466. The molecular weight excluding hydrogens is 176 g/mol. The SMILES string of the molecule is CC(C)N(C)C(=O)NOCC(=O)O. The molecule has 0 saturated carbocycles. The molecule has 0 aliphatic carbocycles. The number of amides is 2. The lowest BCUT2D eigenvalue weighted by molar-refractivity contribution is -0.144. The number of hydrogen-bond donors (Lipinski definition) is 2. The lowest BCUT2D eigenvalue weighted by Gasteiger charge is -2.20. The summed E-state index contributed by atoms with van der Waals surface area (Å²) in [5, 5.41) is 8.18. The van der Waals surface area contributed by atoms with Gasteiger partial charge in [-0.1, -0.05) is 0 Å². The van der Waals surface area contributed by atoms with Gasteiger partial charge in [0.2, 0.25) is 0 Å². The molecule has 0 aliphatic rings. The standard InChI is InChI=1S/C7H14N2O4/c1-5(2)9(3)7(12)8-13-4-6(10)11/h5H,4H2,1-3H3,(H,8,12)(H,10,11). The Morgan fingerprint density at radius 1 is 1.54 bits per heavy atom. The quantitative estimate of drug-likeness (QED) is 0.614. The lowest BCUT2D eigenvalue weighted by Crippen LogP contribution is -2.41. The summed E-state index contributed by atoms with van der Waals surface area (Å²) in [6.45, 7) is 3.12. The number of carbonyl (C=O) groups excluding carboxylic acids is 1. The van der Waals surface area contributed by atoms with E-state index < -0.39 is 18.6 Å². The predicted octanol–water partition coefficient (Wildman–Crippen LogP) is 0.0524. The third-order valence-corrected chi connectivity index (χ3v) is 1.45. The van der Waals surface area contributed by atoms with Crippen molar-refractivity contribution in [2.45, 2.75) is 19.9 Å². The van der Waals surface area contributed by atoms with Crippen LogP contribution >= 0.6 is 0 Å². The van der Waals surface area contributed by atoms with Gasteiger partial charge in [0.05, 0.1) is 0 Å². The van der Waals surface area contributed by atoms with E-state index in [4.69, 9.17) is 5.11 Å². The third kappa shape index (κ3) is 5.02. The first-order valence-electron chi connectivity index (χ1n) is 3.81. The zero-order valence-electron chi connectivity index (χ0n) is 7.90. The van der Waals surface area contributed by atoms with E-state index in [1.54, 1.807) is 7.05 Å². The van der Waals surface area contributed by atoms with Crippen LogP contribution in [0, 0.1) is 0 Å². The molecule has 0 fully saturated rings. The van der Waals surface area contributed by atoms with Crippen LogP contribution in [0.15, 0.2) is 0 Å². The molecule has 6 nitrogen and oxygen atoms in total. The molecule has 0 atom stereocenters. The van der Waals surface area contributed by atoms with Gasteiger partial charge in [-0.2, -0.15) is 0 Å². The van der Waals surface area contributed by atoms with Crippen molar-refractivity contribution in [2.24, 2.45) is 0 Å². The number of hydroxylamine groups is 1. The molecule has 6 heteroatoms. The van der Waals surface area contributed by atoms with Gasteiger partial charge in [0.15, 0.2) is 6.61 Å². The number of nitrogens with one attached hydrogen (secondary N) is 1. The van der Waals surface area contributed by atoms with Crippen LogP contribution in [0.5, 0.6) is 0 Å². The van der Waals surface area contributed by atoms with Crippen molar-refractivity contribution < 1.29 is 19.5 Å². The highest BCUT2D eigenvalue weighted by Gasteiger charge is 2.11. The number of hydrogen-bond acceptors (Lipinski definition) is 3. The highest BCUT2D eigenvalue weighted by atomic mass is 16.7. The van der Waals surface area contributed by atoms with Crippen molar-refractivity contribution >= 4 is 12.0 Å². The van der Waals surface area contributed by atoms with Crippen LogP contribution in [0.2, 0.25) is 0 Å². The summed E-state index contributed by atoms with van der Waals surface area (Å²) < 4.78 is 0. The Hall–Kier alpha value is -1.30. The normalized spacial score (nSPS) is 9.85. The van der Waals surface area contributed by atoms with Crippen molar-refractivity contribution in [1.29, 1.82) is 0 Å².